The summed E-state index contributed by atoms with van der Waals surface area (Å²) in [6, 6.07) is 10.5. The Labute approximate surface area is 172 Å². The molecular formula is C22H23N5O3. The number of nitrogens with one attached hydrogen (secondary N) is 1. The first-order valence-corrected chi connectivity index (χ1v) is 10.4. The Bertz CT molecular complexity index is 1220. The van der Waals surface area contributed by atoms with Gasteiger partial charge < -0.3 is 4.90 Å². The maximum absolute atomic E-state index is 13.0. The zero-order valence-electron chi connectivity index (χ0n) is 16.6. The highest BCUT2D eigenvalue weighted by atomic mass is 16.2. The summed E-state index contributed by atoms with van der Waals surface area (Å²) in [5, 5.41) is 12.0. The maximum Gasteiger partial charge on any atom is 0.274 e. The summed E-state index contributed by atoms with van der Waals surface area (Å²) in [5.41, 5.74) is 0.922. The molecule has 1 saturated carbocycles. The molecule has 8 heteroatoms. The van der Waals surface area contributed by atoms with E-state index in [0.29, 0.717) is 42.2 Å². The van der Waals surface area contributed by atoms with E-state index < -0.39 is 0 Å². The average Bonchev–Trinajstić information content (AvgIpc) is 3.61. The molecule has 1 aliphatic carbocycles. The number of H-pyrrole nitrogens is 1. The Balaban J connectivity index is 1.28. The molecule has 0 radical (unpaired) electrons. The smallest absolute Gasteiger partial charge is 0.274 e. The number of nitrogens with zero attached hydrogens (tertiary/aromatic N) is 4. The van der Waals surface area contributed by atoms with Gasteiger partial charge >= 0.3 is 0 Å². The lowest BCUT2D eigenvalue weighted by molar-refractivity contribution is 0.0675. The first-order chi connectivity index (χ1) is 14.6. The molecule has 1 saturated heterocycles. The van der Waals surface area contributed by atoms with Crippen LogP contribution in [0, 0.1) is 5.92 Å². The van der Waals surface area contributed by atoms with Crippen molar-refractivity contribution in [1.82, 2.24) is 24.9 Å². The van der Waals surface area contributed by atoms with Crippen LogP contribution in [0.1, 0.15) is 47.8 Å². The summed E-state index contributed by atoms with van der Waals surface area (Å²) in [6.45, 7) is 1.77. The van der Waals surface area contributed by atoms with Crippen LogP contribution >= 0.6 is 0 Å². The number of rotatable bonds is 4. The molecule has 0 spiro atoms. The van der Waals surface area contributed by atoms with Crippen molar-refractivity contribution in [2.24, 2.45) is 5.92 Å². The predicted molar refractivity (Wildman–Crippen MR) is 111 cm³/mol. The number of aromatic amines is 1. The fourth-order valence-corrected chi connectivity index (χ4v) is 4.18. The van der Waals surface area contributed by atoms with Crippen LogP contribution in [0.5, 0.6) is 0 Å². The van der Waals surface area contributed by atoms with E-state index in [4.69, 9.17) is 0 Å². The highest BCUT2D eigenvalue weighted by molar-refractivity contribution is 6.04. The molecule has 154 valence electrons. The Morgan fingerprint density at radius 3 is 2.47 bits per heavy atom. The van der Waals surface area contributed by atoms with Crippen molar-refractivity contribution in [3.8, 4) is 0 Å². The summed E-state index contributed by atoms with van der Waals surface area (Å²) in [6.07, 6.45) is 3.90. The van der Waals surface area contributed by atoms with E-state index in [1.54, 1.807) is 39.9 Å². The average molecular weight is 405 g/mol. The number of hydrogen-bond donors (Lipinski definition) is 1. The topological polar surface area (TPSA) is 101 Å². The molecule has 1 amide bonds. The summed E-state index contributed by atoms with van der Waals surface area (Å²) in [4.78, 5) is 39.0. The number of amides is 1. The highest BCUT2D eigenvalue weighted by Crippen LogP contribution is 2.38. The van der Waals surface area contributed by atoms with Crippen LogP contribution < -0.4 is 11.1 Å². The van der Waals surface area contributed by atoms with Crippen molar-refractivity contribution in [3.63, 3.8) is 0 Å². The first-order valence-electron chi connectivity index (χ1n) is 10.4. The molecule has 3 aromatic rings. The van der Waals surface area contributed by atoms with Gasteiger partial charge in [-0.05, 0) is 43.7 Å². The Morgan fingerprint density at radius 2 is 1.73 bits per heavy atom. The van der Waals surface area contributed by atoms with Gasteiger partial charge in [0.05, 0.1) is 11.1 Å². The quantitative estimate of drug-likeness (QED) is 0.715. The van der Waals surface area contributed by atoms with Crippen LogP contribution in [-0.4, -0.2) is 43.9 Å². The SMILES string of the molecule is O=C(c1n[nH]c(=O)c2ccccc12)N1CCC(Cn2nc(C3CC3)ccc2=O)CC1. The lowest BCUT2D eigenvalue weighted by atomic mass is 9.96. The van der Waals surface area contributed by atoms with E-state index in [2.05, 4.69) is 15.3 Å². The number of carbonyl (C=O) groups is 1. The van der Waals surface area contributed by atoms with Gasteiger partial charge in [-0.15, -0.1) is 0 Å². The number of hydrogen-bond acceptors (Lipinski definition) is 5. The molecule has 2 fully saturated rings. The number of aromatic nitrogens is 4. The van der Waals surface area contributed by atoms with E-state index in [-0.39, 0.29) is 22.7 Å². The van der Waals surface area contributed by atoms with E-state index in [0.717, 1.165) is 31.4 Å². The molecule has 1 N–H and O–H groups in total. The van der Waals surface area contributed by atoms with Crippen molar-refractivity contribution < 1.29 is 4.79 Å². The van der Waals surface area contributed by atoms with Crippen molar-refractivity contribution >= 4 is 16.7 Å². The zero-order chi connectivity index (χ0) is 20.7. The minimum atomic E-state index is -0.299. The van der Waals surface area contributed by atoms with Crippen molar-refractivity contribution in [1.29, 1.82) is 0 Å². The van der Waals surface area contributed by atoms with Crippen LogP contribution in [0.15, 0.2) is 46.0 Å². The second kappa shape index (κ2) is 7.51. The molecule has 1 aliphatic heterocycles. The lowest BCUT2D eigenvalue weighted by Gasteiger charge is -2.32. The monoisotopic (exact) mass is 405 g/mol. The Hall–Kier alpha value is -3.29. The van der Waals surface area contributed by atoms with Crippen molar-refractivity contribution in [2.45, 2.75) is 38.1 Å². The molecule has 3 heterocycles. The van der Waals surface area contributed by atoms with Crippen LogP contribution in [0.2, 0.25) is 0 Å². The molecule has 5 rings (SSSR count). The third kappa shape index (κ3) is 3.53. The largest absolute Gasteiger partial charge is 0.337 e. The van der Waals surface area contributed by atoms with E-state index >= 15 is 0 Å². The van der Waals surface area contributed by atoms with Gasteiger partial charge in [-0.2, -0.15) is 10.2 Å². The Kier molecular flexibility index (Phi) is 4.69. The van der Waals surface area contributed by atoms with E-state index in [1.807, 2.05) is 6.07 Å². The summed E-state index contributed by atoms with van der Waals surface area (Å²) >= 11 is 0. The predicted octanol–water partition coefficient (Wildman–Crippen LogP) is 1.91. The third-order valence-electron chi connectivity index (χ3n) is 6.11. The van der Waals surface area contributed by atoms with Crippen LogP contribution in [0.3, 0.4) is 0 Å². The maximum atomic E-state index is 13.0. The van der Waals surface area contributed by atoms with Crippen molar-refractivity contribution in [3.05, 3.63) is 68.5 Å². The molecule has 0 bridgehead atoms. The molecule has 1 aromatic carbocycles. The lowest BCUT2D eigenvalue weighted by Crippen LogP contribution is -2.41. The summed E-state index contributed by atoms with van der Waals surface area (Å²) in [7, 11) is 0. The van der Waals surface area contributed by atoms with Gasteiger partial charge in [-0.25, -0.2) is 9.78 Å². The fourth-order valence-electron chi connectivity index (χ4n) is 4.18. The second-order valence-electron chi connectivity index (χ2n) is 8.24. The molecule has 0 atom stereocenters. The standard InChI is InChI=1S/C22H23N5O3/c28-19-8-7-18(15-5-6-15)25-27(19)13-14-9-11-26(12-10-14)22(30)20-16-3-1-2-4-17(16)21(29)24-23-20/h1-4,7-8,14-15H,5-6,9-13H2,(H,24,29). The number of likely N-dealkylation sites (tertiary alicyclic amines) is 1. The molecule has 2 aromatic heterocycles. The normalized spacial score (nSPS) is 17.4. The van der Waals surface area contributed by atoms with Crippen LogP contribution in [0.4, 0.5) is 0 Å². The second-order valence-corrected chi connectivity index (χ2v) is 8.24. The number of carbonyl (C=O) groups excluding carboxylic acids is 1. The highest BCUT2D eigenvalue weighted by Gasteiger charge is 2.28. The van der Waals surface area contributed by atoms with Gasteiger partial charge in [-0.3, -0.25) is 14.4 Å². The number of fused-ring (bicyclic) bond motifs is 1. The first kappa shape index (κ1) is 18.7. The van der Waals surface area contributed by atoms with Gasteiger partial charge in [-0.1, -0.05) is 18.2 Å². The van der Waals surface area contributed by atoms with Gasteiger partial charge in [0.15, 0.2) is 5.69 Å². The molecule has 30 heavy (non-hydrogen) atoms. The molecule has 0 unspecified atom stereocenters. The van der Waals surface area contributed by atoms with Crippen LogP contribution in [-0.2, 0) is 6.54 Å². The summed E-state index contributed by atoms with van der Waals surface area (Å²) in [5.74, 6) is 0.636. The van der Waals surface area contributed by atoms with Crippen LogP contribution in [0.25, 0.3) is 10.8 Å². The van der Waals surface area contributed by atoms with Crippen molar-refractivity contribution in [2.75, 3.05) is 13.1 Å². The fraction of sp³-hybridized carbons (Fsp3) is 0.409. The minimum Gasteiger partial charge on any atom is -0.337 e. The number of piperidine rings is 1. The zero-order valence-corrected chi connectivity index (χ0v) is 16.6. The van der Waals surface area contributed by atoms with Gasteiger partial charge in [0.2, 0.25) is 0 Å². The Morgan fingerprint density at radius 1 is 1.00 bits per heavy atom. The van der Waals surface area contributed by atoms with E-state index in [9.17, 15) is 14.4 Å². The molecular weight excluding hydrogens is 382 g/mol. The minimum absolute atomic E-state index is 0.0678. The summed E-state index contributed by atoms with van der Waals surface area (Å²) < 4.78 is 1.59. The van der Waals surface area contributed by atoms with Gasteiger partial charge in [0.1, 0.15) is 0 Å². The number of benzene rings is 1. The third-order valence-corrected chi connectivity index (χ3v) is 6.11. The van der Waals surface area contributed by atoms with Gasteiger partial charge in [0.25, 0.3) is 17.0 Å². The van der Waals surface area contributed by atoms with E-state index in [1.165, 1.54) is 0 Å². The molecule has 2 aliphatic rings. The van der Waals surface area contributed by atoms with Gasteiger partial charge in [0, 0.05) is 37.0 Å². The molecule has 8 nitrogen and oxygen atoms in total.